The van der Waals surface area contributed by atoms with Gasteiger partial charge in [0.25, 0.3) is 0 Å². The number of imidazole rings is 1. The van der Waals surface area contributed by atoms with Crippen LogP contribution in [0.25, 0.3) is 5.69 Å². The summed E-state index contributed by atoms with van der Waals surface area (Å²) in [5.74, 6) is 0. The van der Waals surface area contributed by atoms with Crippen LogP contribution in [-0.2, 0) is 6.42 Å². The highest BCUT2D eigenvalue weighted by atomic mass is 35.5. The fraction of sp³-hybridized carbons (Fsp3) is 0.250. The van der Waals surface area contributed by atoms with Gasteiger partial charge in [-0.15, -0.1) is 0 Å². The van der Waals surface area contributed by atoms with Gasteiger partial charge in [0, 0.05) is 18.4 Å². The second kappa shape index (κ2) is 4.68. The molecular weight excluding hydrogens is 222 g/mol. The van der Waals surface area contributed by atoms with Crippen LogP contribution in [0, 0.1) is 0 Å². The highest BCUT2D eigenvalue weighted by molar-refractivity contribution is 6.32. The van der Waals surface area contributed by atoms with Gasteiger partial charge in [-0.1, -0.05) is 17.7 Å². The lowest BCUT2D eigenvalue weighted by atomic mass is 10.1. The molecule has 0 aliphatic rings. The highest BCUT2D eigenvalue weighted by Crippen LogP contribution is 2.22. The average molecular weight is 236 g/mol. The van der Waals surface area contributed by atoms with Crippen molar-refractivity contribution >= 4 is 11.6 Å². The molecule has 2 N–H and O–H groups in total. The summed E-state index contributed by atoms with van der Waals surface area (Å²) in [6.07, 6.45) is 6.16. The summed E-state index contributed by atoms with van der Waals surface area (Å²) >= 11 is 6.21. The molecule has 2 aromatic rings. The lowest BCUT2D eigenvalue weighted by molar-refractivity contribution is 0.738. The molecule has 0 bridgehead atoms. The third-order valence-corrected chi connectivity index (χ3v) is 2.66. The van der Waals surface area contributed by atoms with Crippen LogP contribution in [0.15, 0.2) is 36.9 Å². The van der Waals surface area contributed by atoms with Crippen LogP contribution >= 0.6 is 11.6 Å². The zero-order valence-corrected chi connectivity index (χ0v) is 9.85. The summed E-state index contributed by atoms with van der Waals surface area (Å²) in [6, 6.07) is 6.14. The molecule has 3 nitrogen and oxygen atoms in total. The quantitative estimate of drug-likeness (QED) is 0.888. The maximum atomic E-state index is 6.21. The maximum Gasteiger partial charge on any atom is 0.0992 e. The van der Waals surface area contributed by atoms with Crippen LogP contribution in [0.1, 0.15) is 12.5 Å². The second-order valence-corrected chi connectivity index (χ2v) is 4.34. The Labute approximate surface area is 99.9 Å². The number of benzene rings is 1. The first-order valence-electron chi connectivity index (χ1n) is 5.19. The molecule has 0 saturated carbocycles. The molecule has 1 heterocycles. The van der Waals surface area contributed by atoms with Crippen LogP contribution in [0.2, 0.25) is 5.02 Å². The number of nitrogens with two attached hydrogens (primary N) is 1. The van der Waals surface area contributed by atoms with Crippen molar-refractivity contribution in [2.75, 3.05) is 0 Å². The minimum atomic E-state index is 0.148. The number of halogens is 1. The summed E-state index contributed by atoms with van der Waals surface area (Å²) in [4.78, 5) is 3.99. The zero-order chi connectivity index (χ0) is 11.5. The molecule has 1 aromatic carbocycles. The van der Waals surface area contributed by atoms with Crippen LogP contribution in [0.5, 0.6) is 0 Å². The van der Waals surface area contributed by atoms with Crippen LogP contribution < -0.4 is 5.73 Å². The molecule has 0 saturated heterocycles. The van der Waals surface area contributed by atoms with Gasteiger partial charge in [0.05, 0.1) is 17.0 Å². The molecule has 84 valence electrons. The summed E-state index contributed by atoms with van der Waals surface area (Å²) in [5.41, 5.74) is 7.84. The molecule has 16 heavy (non-hydrogen) atoms. The van der Waals surface area contributed by atoms with Crippen molar-refractivity contribution in [3.05, 3.63) is 47.5 Å². The molecule has 4 heteroatoms. The van der Waals surface area contributed by atoms with Gasteiger partial charge >= 0.3 is 0 Å². The molecule has 0 spiro atoms. The van der Waals surface area contributed by atoms with Gasteiger partial charge in [-0.3, -0.25) is 0 Å². The van der Waals surface area contributed by atoms with E-state index in [-0.39, 0.29) is 6.04 Å². The third kappa shape index (κ3) is 2.43. The predicted molar refractivity (Wildman–Crippen MR) is 65.9 cm³/mol. The van der Waals surface area contributed by atoms with E-state index in [9.17, 15) is 0 Å². The number of rotatable bonds is 3. The number of hydrogen-bond donors (Lipinski definition) is 1. The molecule has 1 unspecified atom stereocenters. The Hall–Kier alpha value is -1.32. The predicted octanol–water partition coefficient (Wildman–Crippen LogP) is 2.42. The SMILES string of the molecule is CC(N)Cc1ccc(-n2ccnc2)c(Cl)c1. The molecule has 0 amide bonds. The van der Waals surface area contributed by atoms with Crippen molar-refractivity contribution < 1.29 is 0 Å². The van der Waals surface area contributed by atoms with E-state index >= 15 is 0 Å². The number of hydrogen-bond acceptors (Lipinski definition) is 2. The molecule has 2 rings (SSSR count). The summed E-state index contributed by atoms with van der Waals surface area (Å²) in [5, 5.41) is 0.719. The highest BCUT2D eigenvalue weighted by Gasteiger charge is 2.04. The Morgan fingerprint density at radius 1 is 1.50 bits per heavy atom. The van der Waals surface area contributed by atoms with Gasteiger partial charge in [0.15, 0.2) is 0 Å². The molecule has 0 aliphatic carbocycles. The van der Waals surface area contributed by atoms with Crippen molar-refractivity contribution in [3.63, 3.8) is 0 Å². The summed E-state index contributed by atoms with van der Waals surface area (Å²) in [7, 11) is 0. The van der Waals surface area contributed by atoms with Gasteiger partial charge < -0.3 is 10.3 Å². The lowest BCUT2D eigenvalue weighted by Gasteiger charge is -2.09. The minimum absolute atomic E-state index is 0.148. The van der Waals surface area contributed by atoms with Gasteiger partial charge in [0.2, 0.25) is 0 Å². The fourth-order valence-electron chi connectivity index (χ4n) is 1.66. The second-order valence-electron chi connectivity index (χ2n) is 3.94. The largest absolute Gasteiger partial charge is 0.328 e. The summed E-state index contributed by atoms with van der Waals surface area (Å²) < 4.78 is 1.89. The Kier molecular flexibility index (Phi) is 3.27. The van der Waals surface area contributed by atoms with Crippen molar-refractivity contribution in [3.8, 4) is 5.69 Å². The lowest BCUT2D eigenvalue weighted by Crippen LogP contribution is -2.17. The van der Waals surface area contributed by atoms with E-state index in [1.54, 1.807) is 12.5 Å². The Morgan fingerprint density at radius 3 is 2.88 bits per heavy atom. The Balaban J connectivity index is 2.30. The summed E-state index contributed by atoms with van der Waals surface area (Å²) in [6.45, 7) is 1.98. The van der Waals surface area contributed by atoms with E-state index in [2.05, 4.69) is 4.98 Å². The van der Waals surface area contributed by atoms with Crippen LogP contribution in [0.4, 0.5) is 0 Å². The monoisotopic (exact) mass is 235 g/mol. The van der Waals surface area contributed by atoms with Crippen LogP contribution in [0.3, 0.4) is 0 Å². The van der Waals surface area contributed by atoms with E-state index in [0.29, 0.717) is 0 Å². The Morgan fingerprint density at radius 2 is 2.31 bits per heavy atom. The van der Waals surface area contributed by atoms with E-state index in [1.165, 1.54) is 0 Å². The molecule has 1 aromatic heterocycles. The van der Waals surface area contributed by atoms with Crippen molar-refractivity contribution in [1.29, 1.82) is 0 Å². The van der Waals surface area contributed by atoms with Crippen LogP contribution in [-0.4, -0.2) is 15.6 Å². The van der Waals surface area contributed by atoms with Gasteiger partial charge in [0.1, 0.15) is 0 Å². The first-order chi connectivity index (χ1) is 7.66. The van der Waals surface area contributed by atoms with Gasteiger partial charge in [-0.25, -0.2) is 4.98 Å². The van der Waals surface area contributed by atoms with E-state index in [4.69, 9.17) is 17.3 Å². The normalized spacial score (nSPS) is 12.7. The third-order valence-electron chi connectivity index (χ3n) is 2.35. The molecule has 0 radical (unpaired) electrons. The zero-order valence-electron chi connectivity index (χ0n) is 9.10. The molecule has 0 fully saturated rings. The standard InChI is InChI=1S/C12H14ClN3/c1-9(14)6-10-2-3-12(11(13)7-10)16-5-4-15-8-16/h2-5,7-9H,6,14H2,1H3. The molecule has 1 atom stereocenters. The Bertz CT molecular complexity index is 463. The fourth-order valence-corrected chi connectivity index (χ4v) is 1.96. The topological polar surface area (TPSA) is 43.8 Å². The van der Waals surface area contributed by atoms with Crippen molar-refractivity contribution in [1.82, 2.24) is 9.55 Å². The van der Waals surface area contributed by atoms with Gasteiger partial charge in [-0.05, 0) is 31.0 Å². The maximum absolute atomic E-state index is 6.21. The van der Waals surface area contributed by atoms with E-state index in [1.807, 2.05) is 35.9 Å². The molecular formula is C12H14ClN3. The van der Waals surface area contributed by atoms with E-state index < -0.39 is 0 Å². The average Bonchev–Trinajstić information content (AvgIpc) is 2.69. The number of nitrogens with zero attached hydrogens (tertiary/aromatic N) is 2. The van der Waals surface area contributed by atoms with Crippen molar-refractivity contribution in [2.24, 2.45) is 5.73 Å². The van der Waals surface area contributed by atoms with E-state index in [0.717, 1.165) is 22.7 Å². The first kappa shape index (κ1) is 11.2. The first-order valence-corrected chi connectivity index (χ1v) is 5.57. The molecule has 0 aliphatic heterocycles. The van der Waals surface area contributed by atoms with Crippen molar-refractivity contribution in [2.45, 2.75) is 19.4 Å². The smallest absolute Gasteiger partial charge is 0.0992 e. The minimum Gasteiger partial charge on any atom is -0.328 e. The van der Waals surface area contributed by atoms with Gasteiger partial charge in [-0.2, -0.15) is 0 Å². The number of aromatic nitrogens is 2.